The third kappa shape index (κ3) is 4.19. The van der Waals surface area contributed by atoms with Gasteiger partial charge in [-0.1, -0.05) is 109 Å². The number of para-hydroxylation sites is 3. The zero-order chi connectivity index (χ0) is 34.6. The number of rotatable bonds is 3. The summed E-state index contributed by atoms with van der Waals surface area (Å²) in [6.45, 7) is -0.312. The minimum absolute atomic E-state index is 0.312. The average molecular weight is 678 g/mol. The van der Waals surface area contributed by atoms with Crippen LogP contribution in [0.25, 0.3) is 82.8 Å². The van der Waals surface area contributed by atoms with Gasteiger partial charge in [0.15, 0.2) is 0 Å². The summed E-state index contributed by atoms with van der Waals surface area (Å²) in [5.41, 5.74) is 14.1. The van der Waals surface area contributed by atoms with Crippen LogP contribution in [-0.2, 0) is 0 Å². The van der Waals surface area contributed by atoms with E-state index in [9.17, 15) is 0 Å². The van der Waals surface area contributed by atoms with Crippen LogP contribution in [0.2, 0.25) is 0 Å². The van der Waals surface area contributed by atoms with Gasteiger partial charge < -0.3 is 18.4 Å². The van der Waals surface area contributed by atoms with E-state index in [1.54, 1.807) is 0 Å². The first-order valence-electron chi connectivity index (χ1n) is 18.0. The van der Waals surface area contributed by atoms with E-state index in [2.05, 4.69) is 156 Å². The van der Waals surface area contributed by atoms with E-state index in [1.165, 1.54) is 21.8 Å². The van der Waals surface area contributed by atoms with Crippen molar-refractivity contribution in [3.05, 3.63) is 170 Å². The molecule has 0 bridgehead atoms. The Hall–Kier alpha value is -6.98. The molecule has 0 spiro atoms. The molecule has 0 aliphatic carbocycles. The predicted molar refractivity (Wildman–Crippen MR) is 217 cm³/mol. The molecule has 12 rings (SSSR count). The Kier molecular flexibility index (Phi) is 5.83. The number of furan rings is 1. The van der Waals surface area contributed by atoms with Crippen molar-refractivity contribution in [2.24, 2.45) is 0 Å². The predicted octanol–water partition coefficient (Wildman–Crippen LogP) is 11.3. The summed E-state index contributed by atoms with van der Waals surface area (Å²) < 4.78 is 22.1. The number of hydrogen-bond donors (Lipinski definition) is 0. The Morgan fingerprint density at radius 1 is 0.415 bits per heavy atom. The van der Waals surface area contributed by atoms with Crippen molar-refractivity contribution >= 4 is 61.6 Å². The van der Waals surface area contributed by atoms with Gasteiger partial charge in [-0.05, 0) is 88.5 Å². The molecule has 5 heteroatoms. The number of ether oxygens (including phenoxy) is 1. The molecule has 0 radical (unpaired) electrons. The third-order valence-corrected chi connectivity index (χ3v) is 11.1. The molecule has 0 saturated carbocycles. The minimum Gasteiger partial charge on any atom is -0.551 e. The zero-order valence-electron chi connectivity index (χ0n) is 28.4. The third-order valence-electron chi connectivity index (χ3n) is 11.1. The highest BCUT2D eigenvalue weighted by atomic mass is 16.5. The summed E-state index contributed by atoms with van der Waals surface area (Å²) in [6, 6.07) is 60.1. The molecule has 0 N–H and O–H groups in total. The van der Waals surface area contributed by atoms with Gasteiger partial charge in [-0.3, -0.25) is 0 Å². The van der Waals surface area contributed by atoms with E-state index >= 15 is 0 Å². The molecule has 0 saturated heterocycles. The molecule has 2 aliphatic heterocycles. The van der Waals surface area contributed by atoms with Gasteiger partial charge in [0.1, 0.15) is 28.4 Å². The standard InChI is InChI=1S/C48H28BNO3/c1-4-15-41-34(11-1)35-12-2-5-16-42(35)50(41)33-10-7-9-29(25-33)31-21-24-45-40(27-31)49-48-38(14-8-18-46(48)52-45)37-22-19-32(28-47(37)53-49)30-20-23-44-39(26-30)36-13-3-6-17-43(36)51-44/h1-28H. The van der Waals surface area contributed by atoms with E-state index in [0.717, 1.165) is 89.2 Å². The lowest BCUT2D eigenvalue weighted by Crippen LogP contribution is -2.53. The van der Waals surface area contributed by atoms with Crippen LogP contribution in [-0.4, -0.2) is 11.5 Å². The van der Waals surface area contributed by atoms with Crippen LogP contribution in [0.5, 0.6) is 17.2 Å². The van der Waals surface area contributed by atoms with Gasteiger partial charge in [0.2, 0.25) is 0 Å². The monoisotopic (exact) mass is 677 g/mol. The summed E-state index contributed by atoms with van der Waals surface area (Å²) in [5.74, 6) is 2.52. The van der Waals surface area contributed by atoms with Crippen molar-refractivity contribution in [3.8, 4) is 56.3 Å². The first kappa shape index (κ1) is 28.7. The van der Waals surface area contributed by atoms with Crippen molar-refractivity contribution in [1.82, 2.24) is 4.57 Å². The highest BCUT2D eigenvalue weighted by molar-refractivity contribution is 6.84. The van der Waals surface area contributed by atoms with Crippen LogP contribution in [0.4, 0.5) is 0 Å². The fourth-order valence-corrected chi connectivity index (χ4v) is 8.64. The van der Waals surface area contributed by atoms with Crippen LogP contribution >= 0.6 is 0 Å². The smallest absolute Gasteiger partial charge is 0.434 e. The van der Waals surface area contributed by atoms with Crippen molar-refractivity contribution in [2.45, 2.75) is 0 Å². The maximum absolute atomic E-state index is 7.04. The SMILES string of the molecule is c1cc(-c2ccc3c(c2)B2Oc4cc(-c5ccc6oc7ccccc7c6c5)ccc4-c4cccc(c42)O3)cc(-n2c3ccccc3c3ccccc32)c1. The molecular weight excluding hydrogens is 649 g/mol. The molecule has 8 aromatic carbocycles. The number of fused-ring (bicyclic) bond motifs is 10. The van der Waals surface area contributed by atoms with Crippen LogP contribution < -0.4 is 20.3 Å². The Labute approximate surface area is 305 Å². The number of benzene rings is 8. The van der Waals surface area contributed by atoms with Gasteiger partial charge in [0, 0.05) is 43.7 Å². The molecule has 0 fully saturated rings. The maximum atomic E-state index is 7.04. The van der Waals surface area contributed by atoms with Gasteiger partial charge in [0.05, 0.1) is 11.0 Å². The lowest BCUT2D eigenvalue weighted by Gasteiger charge is -2.33. The second-order valence-corrected chi connectivity index (χ2v) is 14.0. The average Bonchev–Trinajstić information content (AvgIpc) is 3.76. The van der Waals surface area contributed by atoms with E-state index < -0.39 is 0 Å². The molecular formula is C48H28BNO3. The quantitative estimate of drug-likeness (QED) is 0.175. The van der Waals surface area contributed by atoms with Crippen LogP contribution in [0.15, 0.2) is 174 Å². The van der Waals surface area contributed by atoms with Gasteiger partial charge in [0.25, 0.3) is 0 Å². The summed E-state index contributed by atoms with van der Waals surface area (Å²) in [5, 5.41) is 4.74. The van der Waals surface area contributed by atoms with Crippen LogP contribution in [0.3, 0.4) is 0 Å². The Morgan fingerprint density at radius 3 is 1.96 bits per heavy atom. The highest BCUT2D eigenvalue weighted by Crippen LogP contribution is 2.42. The fourth-order valence-electron chi connectivity index (χ4n) is 8.64. The van der Waals surface area contributed by atoms with Gasteiger partial charge in [-0.2, -0.15) is 0 Å². The normalized spacial score (nSPS) is 12.8. The summed E-state index contributed by atoms with van der Waals surface area (Å²) in [7, 11) is 0. The van der Waals surface area contributed by atoms with Gasteiger partial charge >= 0.3 is 6.92 Å². The van der Waals surface area contributed by atoms with E-state index in [-0.39, 0.29) is 6.92 Å². The van der Waals surface area contributed by atoms with E-state index in [4.69, 9.17) is 13.8 Å². The zero-order valence-corrected chi connectivity index (χ0v) is 28.4. The van der Waals surface area contributed by atoms with E-state index in [0.29, 0.717) is 0 Å². The topological polar surface area (TPSA) is 36.5 Å². The fraction of sp³-hybridized carbons (Fsp3) is 0. The molecule has 0 amide bonds. The second kappa shape index (κ2) is 10.8. The van der Waals surface area contributed by atoms with Crippen molar-refractivity contribution in [1.29, 1.82) is 0 Å². The molecule has 4 heterocycles. The summed E-state index contributed by atoms with van der Waals surface area (Å²) in [6.07, 6.45) is 0. The molecule has 0 atom stereocenters. The first-order valence-corrected chi connectivity index (χ1v) is 18.0. The van der Waals surface area contributed by atoms with E-state index in [1.807, 2.05) is 18.2 Å². The Balaban J connectivity index is 0.961. The summed E-state index contributed by atoms with van der Waals surface area (Å²) in [4.78, 5) is 0. The molecule has 53 heavy (non-hydrogen) atoms. The molecule has 2 aromatic heterocycles. The second-order valence-electron chi connectivity index (χ2n) is 14.0. The van der Waals surface area contributed by atoms with Gasteiger partial charge in [-0.25, -0.2) is 0 Å². The molecule has 0 unspecified atom stereocenters. The number of hydrogen-bond acceptors (Lipinski definition) is 3. The molecule has 246 valence electrons. The van der Waals surface area contributed by atoms with Crippen LogP contribution in [0, 0.1) is 0 Å². The lowest BCUT2D eigenvalue weighted by molar-refractivity contribution is 0.479. The lowest BCUT2D eigenvalue weighted by atomic mass is 9.50. The Morgan fingerprint density at radius 2 is 1.09 bits per heavy atom. The van der Waals surface area contributed by atoms with Gasteiger partial charge in [-0.15, -0.1) is 0 Å². The Bertz CT molecular complexity index is 3100. The maximum Gasteiger partial charge on any atom is 0.434 e. The molecule has 4 nitrogen and oxygen atoms in total. The molecule has 2 aliphatic rings. The number of aromatic nitrogens is 1. The highest BCUT2D eigenvalue weighted by Gasteiger charge is 2.40. The minimum atomic E-state index is -0.312. The number of nitrogens with zero attached hydrogens (tertiary/aromatic N) is 1. The summed E-state index contributed by atoms with van der Waals surface area (Å²) >= 11 is 0. The van der Waals surface area contributed by atoms with Crippen molar-refractivity contribution < 1.29 is 13.8 Å². The van der Waals surface area contributed by atoms with Crippen molar-refractivity contribution in [3.63, 3.8) is 0 Å². The molecule has 10 aromatic rings. The largest absolute Gasteiger partial charge is 0.551 e. The van der Waals surface area contributed by atoms with Crippen LogP contribution in [0.1, 0.15) is 0 Å². The first-order chi connectivity index (χ1) is 26.2. The van der Waals surface area contributed by atoms with Crippen molar-refractivity contribution in [2.75, 3.05) is 0 Å².